The Morgan fingerprint density at radius 2 is 1.83 bits per heavy atom. The number of guanidine groups is 1. The van der Waals surface area contributed by atoms with Gasteiger partial charge in [0, 0.05) is 25.7 Å². The minimum Gasteiger partial charge on any atom is -0.459 e. The fourth-order valence-corrected chi connectivity index (χ4v) is 1.70. The largest absolute Gasteiger partial charge is 0.459 e. The van der Waals surface area contributed by atoms with Crippen LogP contribution in [0.1, 0.15) is 31.3 Å². The maximum Gasteiger partial charge on any atom is 0.287 e. The highest BCUT2D eigenvalue weighted by Crippen LogP contribution is 1.98. The molecule has 0 saturated heterocycles. The van der Waals surface area contributed by atoms with Gasteiger partial charge in [0.2, 0.25) is 5.91 Å². The van der Waals surface area contributed by atoms with E-state index in [9.17, 15) is 9.59 Å². The number of carbonyl (C=O) groups excluding carboxylic acids is 2. The van der Waals surface area contributed by atoms with Gasteiger partial charge in [-0.3, -0.25) is 14.6 Å². The zero-order valence-electron chi connectivity index (χ0n) is 14.4. The van der Waals surface area contributed by atoms with E-state index in [1.54, 1.807) is 19.2 Å². The molecule has 0 radical (unpaired) electrons. The molecule has 1 rings (SSSR count). The number of furan rings is 1. The quantitative estimate of drug-likeness (QED) is 0.221. The molecule has 0 bridgehead atoms. The molecule has 4 N–H and O–H groups in total. The monoisotopic (exact) mass is 451 g/mol. The average Bonchev–Trinajstić information content (AvgIpc) is 2.98. The smallest absolute Gasteiger partial charge is 0.287 e. The first-order chi connectivity index (χ1) is 10.8. The molecule has 1 heterocycles. The second-order valence-corrected chi connectivity index (χ2v) is 5.88. The Bertz CT molecular complexity index is 538. The summed E-state index contributed by atoms with van der Waals surface area (Å²) in [6.07, 6.45) is 1.45. The van der Waals surface area contributed by atoms with E-state index in [1.165, 1.54) is 6.26 Å². The lowest BCUT2D eigenvalue weighted by molar-refractivity contribution is -0.121. The van der Waals surface area contributed by atoms with E-state index in [0.29, 0.717) is 19.0 Å². The first kappa shape index (κ1) is 22.2. The van der Waals surface area contributed by atoms with Crippen molar-refractivity contribution in [1.29, 1.82) is 0 Å². The van der Waals surface area contributed by atoms with Crippen LogP contribution in [0.2, 0.25) is 0 Å². The zero-order chi connectivity index (χ0) is 17.3. The fourth-order valence-electron chi connectivity index (χ4n) is 1.70. The fraction of sp³-hybridized carbons (Fsp3) is 0.533. The third-order valence-electron chi connectivity index (χ3n) is 2.60. The summed E-state index contributed by atoms with van der Waals surface area (Å²) in [6, 6.07) is 3.25. The summed E-state index contributed by atoms with van der Waals surface area (Å²) in [5, 5.41) is 11.5. The van der Waals surface area contributed by atoms with Crippen LogP contribution >= 0.6 is 24.0 Å². The van der Waals surface area contributed by atoms with Crippen molar-refractivity contribution in [2.75, 3.05) is 26.7 Å². The Morgan fingerprint density at radius 3 is 2.38 bits per heavy atom. The van der Waals surface area contributed by atoms with Crippen molar-refractivity contribution in [3.63, 3.8) is 0 Å². The number of nitrogens with zero attached hydrogens (tertiary/aromatic N) is 1. The summed E-state index contributed by atoms with van der Waals surface area (Å²) in [6.45, 7) is 6.73. The van der Waals surface area contributed by atoms with E-state index in [4.69, 9.17) is 4.42 Å². The third-order valence-corrected chi connectivity index (χ3v) is 2.60. The molecule has 0 spiro atoms. The maximum absolute atomic E-state index is 11.7. The van der Waals surface area contributed by atoms with Crippen molar-refractivity contribution in [2.45, 2.75) is 26.3 Å². The van der Waals surface area contributed by atoms with Gasteiger partial charge in [0.1, 0.15) is 0 Å². The molecule has 0 aliphatic rings. The molecular formula is C15H26IN5O3. The van der Waals surface area contributed by atoms with Crippen LogP contribution in [0.5, 0.6) is 0 Å². The standard InChI is InChI=1S/C15H25N5O3.HI/c1-15(2,3)20-12(21)10-19-14(16-4)18-8-7-17-13(22)11-6-5-9-23-11;/h5-6,9H,7-8,10H2,1-4H3,(H,17,22)(H,20,21)(H2,16,18,19);1H. The number of aliphatic imine (C=N–C) groups is 1. The van der Waals surface area contributed by atoms with Crippen LogP contribution < -0.4 is 21.3 Å². The van der Waals surface area contributed by atoms with E-state index in [-0.39, 0.29) is 53.6 Å². The van der Waals surface area contributed by atoms with Crippen LogP contribution in [0, 0.1) is 0 Å². The predicted octanol–water partition coefficient (Wildman–Crippen LogP) is 0.707. The van der Waals surface area contributed by atoms with E-state index >= 15 is 0 Å². The van der Waals surface area contributed by atoms with Gasteiger partial charge < -0.3 is 25.7 Å². The number of hydrogen-bond donors (Lipinski definition) is 4. The number of halogens is 1. The maximum atomic E-state index is 11.7. The molecule has 0 unspecified atom stereocenters. The normalized spacial score (nSPS) is 11.2. The van der Waals surface area contributed by atoms with Crippen molar-refractivity contribution < 1.29 is 14.0 Å². The molecular weight excluding hydrogens is 425 g/mol. The van der Waals surface area contributed by atoms with Gasteiger partial charge in [0.15, 0.2) is 11.7 Å². The minimum absolute atomic E-state index is 0. The lowest BCUT2D eigenvalue weighted by Crippen LogP contribution is -2.48. The molecule has 1 aromatic rings. The first-order valence-electron chi connectivity index (χ1n) is 7.39. The summed E-state index contributed by atoms with van der Waals surface area (Å²) in [5.41, 5.74) is -0.272. The van der Waals surface area contributed by atoms with Gasteiger partial charge in [-0.05, 0) is 32.9 Å². The van der Waals surface area contributed by atoms with Crippen molar-refractivity contribution in [3.05, 3.63) is 24.2 Å². The molecule has 0 aliphatic carbocycles. The Kier molecular flexibility index (Phi) is 10.1. The highest BCUT2D eigenvalue weighted by atomic mass is 127. The lowest BCUT2D eigenvalue weighted by atomic mass is 10.1. The van der Waals surface area contributed by atoms with Crippen LogP contribution in [-0.4, -0.2) is 50.0 Å². The zero-order valence-corrected chi connectivity index (χ0v) is 16.8. The van der Waals surface area contributed by atoms with Crippen molar-refractivity contribution in [2.24, 2.45) is 4.99 Å². The Morgan fingerprint density at radius 1 is 1.17 bits per heavy atom. The molecule has 8 nitrogen and oxygen atoms in total. The van der Waals surface area contributed by atoms with Crippen LogP contribution in [0.4, 0.5) is 0 Å². The SMILES string of the molecule is CN=C(NCCNC(=O)c1ccco1)NCC(=O)NC(C)(C)C.I. The number of nitrogens with one attached hydrogen (secondary N) is 4. The summed E-state index contributed by atoms with van der Waals surface area (Å²) in [4.78, 5) is 27.3. The lowest BCUT2D eigenvalue weighted by Gasteiger charge is -2.21. The predicted molar refractivity (Wildman–Crippen MR) is 104 cm³/mol. The van der Waals surface area contributed by atoms with Gasteiger partial charge >= 0.3 is 0 Å². The summed E-state index contributed by atoms with van der Waals surface area (Å²) >= 11 is 0. The highest BCUT2D eigenvalue weighted by molar-refractivity contribution is 14.0. The topological polar surface area (TPSA) is 108 Å². The molecule has 0 aliphatic heterocycles. The van der Waals surface area contributed by atoms with E-state index in [2.05, 4.69) is 26.3 Å². The Balaban J connectivity index is 0.00000529. The van der Waals surface area contributed by atoms with Crippen LogP contribution in [0.3, 0.4) is 0 Å². The highest BCUT2D eigenvalue weighted by Gasteiger charge is 2.13. The van der Waals surface area contributed by atoms with Crippen molar-refractivity contribution in [1.82, 2.24) is 21.3 Å². The molecule has 24 heavy (non-hydrogen) atoms. The van der Waals surface area contributed by atoms with Gasteiger partial charge in [0.25, 0.3) is 5.91 Å². The number of carbonyl (C=O) groups is 2. The molecule has 1 aromatic heterocycles. The average molecular weight is 451 g/mol. The molecule has 0 fully saturated rings. The third kappa shape index (κ3) is 9.38. The molecule has 0 saturated carbocycles. The van der Waals surface area contributed by atoms with Crippen molar-refractivity contribution in [3.8, 4) is 0 Å². The Labute approximate surface area is 159 Å². The summed E-state index contributed by atoms with van der Waals surface area (Å²) in [7, 11) is 1.61. The van der Waals surface area contributed by atoms with Gasteiger partial charge in [-0.2, -0.15) is 0 Å². The van der Waals surface area contributed by atoms with E-state index in [0.717, 1.165) is 0 Å². The van der Waals surface area contributed by atoms with E-state index < -0.39 is 0 Å². The van der Waals surface area contributed by atoms with Crippen LogP contribution in [0.25, 0.3) is 0 Å². The Hall–Kier alpha value is -1.78. The molecule has 0 atom stereocenters. The number of amides is 2. The molecule has 9 heteroatoms. The van der Waals surface area contributed by atoms with Crippen LogP contribution in [0.15, 0.2) is 27.8 Å². The summed E-state index contributed by atoms with van der Waals surface area (Å²) in [5.74, 6) is 0.364. The van der Waals surface area contributed by atoms with Gasteiger partial charge in [-0.25, -0.2) is 0 Å². The van der Waals surface area contributed by atoms with Gasteiger partial charge in [0.05, 0.1) is 12.8 Å². The second-order valence-electron chi connectivity index (χ2n) is 5.88. The van der Waals surface area contributed by atoms with Gasteiger partial charge in [-0.1, -0.05) is 0 Å². The summed E-state index contributed by atoms with van der Waals surface area (Å²) < 4.78 is 4.99. The number of hydrogen-bond acceptors (Lipinski definition) is 4. The molecule has 0 aromatic carbocycles. The number of rotatable bonds is 6. The molecule has 2 amide bonds. The van der Waals surface area contributed by atoms with E-state index in [1.807, 2.05) is 20.8 Å². The van der Waals surface area contributed by atoms with Crippen molar-refractivity contribution >= 4 is 41.8 Å². The second kappa shape index (κ2) is 10.9. The van der Waals surface area contributed by atoms with Gasteiger partial charge in [-0.15, -0.1) is 24.0 Å². The minimum atomic E-state index is -0.274. The first-order valence-corrected chi connectivity index (χ1v) is 7.39. The molecule has 136 valence electrons. The van der Waals surface area contributed by atoms with Crippen LogP contribution in [-0.2, 0) is 4.79 Å².